The van der Waals surface area contributed by atoms with Crippen LogP contribution in [0.4, 0.5) is 0 Å². The lowest BCUT2D eigenvalue weighted by atomic mass is 10.1. The highest BCUT2D eigenvalue weighted by Gasteiger charge is 2.27. The van der Waals surface area contributed by atoms with E-state index in [1.165, 1.54) is 19.3 Å². The zero-order chi connectivity index (χ0) is 20.7. The van der Waals surface area contributed by atoms with Crippen molar-refractivity contribution in [1.29, 1.82) is 0 Å². The van der Waals surface area contributed by atoms with Crippen molar-refractivity contribution >= 4 is 16.8 Å². The van der Waals surface area contributed by atoms with Gasteiger partial charge in [-0.3, -0.25) is 14.8 Å². The molecule has 0 bridgehead atoms. The van der Waals surface area contributed by atoms with Gasteiger partial charge >= 0.3 is 0 Å². The number of phenols is 1. The molecule has 1 amide bonds. The second-order valence-corrected chi connectivity index (χ2v) is 8.22. The molecular formula is C23H26N4O3. The maximum Gasteiger partial charge on any atom is 0.258 e. The number of carbonyl (C=O) groups excluding carboxylic acids is 1. The molecule has 0 spiro atoms. The minimum absolute atomic E-state index is 0.0193. The largest absolute Gasteiger partial charge is 0.507 e. The quantitative estimate of drug-likeness (QED) is 0.694. The molecule has 7 heteroatoms. The predicted octanol–water partition coefficient (Wildman–Crippen LogP) is 3.42. The molecule has 2 N–H and O–H groups in total. The first kappa shape index (κ1) is 18.9. The van der Waals surface area contributed by atoms with Crippen LogP contribution in [0.3, 0.4) is 0 Å². The molecule has 0 aliphatic carbocycles. The Hall–Kier alpha value is -3.06. The third-order valence-corrected chi connectivity index (χ3v) is 6.23. The molecule has 3 aromatic rings. The van der Waals surface area contributed by atoms with E-state index in [0.717, 1.165) is 53.1 Å². The van der Waals surface area contributed by atoms with Gasteiger partial charge in [-0.05, 0) is 55.3 Å². The Morgan fingerprint density at radius 2 is 1.93 bits per heavy atom. The van der Waals surface area contributed by atoms with E-state index in [2.05, 4.69) is 15.1 Å². The molecule has 156 valence electrons. The molecule has 3 heterocycles. The van der Waals surface area contributed by atoms with Crippen LogP contribution in [-0.2, 0) is 19.6 Å². The standard InChI is InChI=1S/C23H26N4O3/c1-30-17-6-5-15-12-27(13-16(15)9-17)23(29)19-10-18-20(11-22(19)28)24-25-21(18)14-26-7-3-2-4-8-26/h5-6,9-11,28H,2-4,7-8,12-14H2,1H3,(H,24,25). The minimum atomic E-state index is -0.172. The van der Waals surface area contributed by atoms with Crippen molar-refractivity contribution in [2.24, 2.45) is 0 Å². The second kappa shape index (κ2) is 7.65. The predicted molar refractivity (Wildman–Crippen MR) is 113 cm³/mol. The molecule has 0 radical (unpaired) electrons. The molecule has 0 unspecified atom stereocenters. The third-order valence-electron chi connectivity index (χ3n) is 6.23. The van der Waals surface area contributed by atoms with Crippen LogP contribution in [0.15, 0.2) is 30.3 Å². The molecule has 2 aliphatic heterocycles. The summed E-state index contributed by atoms with van der Waals surface area (Å²) in [6.45, 7) is 3.95. The Morgan fingerprint density at radius 3 is 2.73 bits per heavy atom. The van der Waals surface area contributed by atoms with E-state index in [1.54, 1.807) is 24.1 Å². The van der Waals surface area contributed by atoms with E-state index in [1.807, 2.05) is 18.2 Å². The summed E-state index contributed by atoms with van der Waals surface area (Å²) >= 11 is 0. The molecule has 7 nitrogen and oxygen atoms in total. The van der Waals surface area contributed by atoms with Crippen LogP contribution in [0.25, 0.3) is 10.9 Å². The van der Waals surface area contributed by atoms with Gasteiger partial charge in [0.2, 0.25) is 0 Å². The zero-order valence-electron chi connectivity index (χ0n) is 17.1. The highest BCUT2D eigenvalue weighted by atomic mass is 16.5. The molecule has 0 saturated carbocycles. The number of nitrogens with one attached hydrogen (secondary N) is 1. The number of aromatic hydroxyl groups is 1. The van der Waals surface area contributed by atoms with Gasteiger partial charge in [-0.1, -0.05) is 12.5 Å². The highest BCUT2D eigenvalue weighted by molar-refractivity contribution is 6.01. The third kappa shape index (κ3) is 3.39. The van der Waals surface area contributed by atoms with Gasteiger partial charge in [0.15, 0.2) is 0 Å². The van der Waals surface area contributed by atoms with E-state index in [0.29, 0.717) is 18.7 Å². The van der Waals surface area contributed by atoms with Crippen LogP contribution in [0.1, 0.15) is 46.4 Å². The fraction of sp³-hybridized carbons (Fsp3) is 0.391. The molecule has 2 aliphatic rings. The topological polar surface area (TPSA) is 81.7 Å². The number of methoxy groups -OCH3 is 1. The number of fused-ring (bicyclic) bond motifs is 2. The number of amides is 1. The molecule has 2 aromatic carbocycles. The van der Waals surface area contributed by atoms with Crippen LogP contribution >= 0.6 is 0 Å². The van der Waals surface area contributed by atoms with Gasteiger partial charge in [0.1, 0.15) is 11.5 Å². The minimum Gasteiger partial charge on any atom is -0.507 e. The van der Waals surface area contributed by atoms with E-state index in [9.17, 15) is 9.90 Å². The lowest BCUT2D eigenvalue weighted by Gasteiger charge is -2.25. The Morgan fingerprint density at radius 1 is 1.13 bits per heavy atom. The Balaban J connectivity index is 1.41. The number of phenolic OH excluding ortho intramolecular Hbond substituents is 1. The lowest BCUT2D eigenvalue weighted by Crippen LogP contribution is -2.29. The summed E-state index contributed by atoms with van der Waals surface area (Å²) < 4.78 is 5.30. The number of nitrogens with zero attached hydrogens (tertiary/aromatic N) is 3. The number of likely N-dealkylation sites (tertiary alicyclic amines) is 1. The van der Waals surface area contributed by atoms with Crippen molar-refractivity contribution in [2.45, 2.75) is 38.9 Å². The van der Waals surface area contributed by atoms with E-state index in [4.69, 9.17) is 4.74 Å². The van der Waals surface area contributed by atoms with E-state index >= 15 is 0 Å². The molecule has 1 aromatic heterocycles. The maximum absolute atomic E-state index is 13.3. The average Bonchev–Trinajstić information content (AvgIpc) is 3.36. The van der Waals surface area contributed by atoms with Crippen LogP contribution in [0.2, 0.25) is 0 Å². The van der Waals surface area contributed by atoms with E-state index < -0.39 is 0 Å². The summed E-state index contributed by atoms with van der Waals surface area (Å²) in [5, 5.41) is 18.9. The number of carbonyl (C=O) groups is 1. The number of rotatable bonds is 4. The number of hydrogen-bond donors (Lipinski definition) is 2. The first-order valence-corrected chi connectivity index (χ1v) is 10.5. The molecule has 30 heavy (non-hydrogen) atoms. The summed E-state index contributed by atoms with van der Waals surface area (Å²) in [6, 6.07) is 9.28. The van der Waals surface area contributed by atoms with Crippen molar-refractivity contribution in [3.05, 3.63) is 52.7 Å². The Kier molecular flexibility index (Phi) is 4.83. The van der Waals surface area contributed by atoms with Crippen LogP contribution in [-0.4, -0.2) is 51.2 Å². The first-order valence-electron chi connectivity index (χ1n) is 10.5. The summed E-state index contributed by atoms with van der Waals surface area (Å²) in [4.78, 5) is 17.4. The smallest absolute Gasteiger partial charge is 0.258 e. The van der Waals surface area contributed by atoms with Crippen LogP contribution in [0, 0.1) is 0 Å². The van der Waals surface area contributed by atoms with Gasteiger partial charge in [-0.15, -0.1) is 0 Å². The van der Waals surface area contributed by atoms with Crippen LogP contribution in [0.5, 0.6) is 11.5 Å². The zero-order valence-corrected chi connectivity index (χ0v) is 17.1. The summed E-state index contributed by atoms with van der Waals surface area (Å²) in [5.41, 5.74) is 4.20. The molecule has 0 atom stereocenters. The van der Waals surface area contributed by atoms with Crippen molar-refractivity contribution < 1.29 is 14.6 Å². The molecule has 5 rings (SSSR count). The summed E-state index contributed by atoms with van der Waals surface area (Å²) in [5.74, 6) is 0.594. The summed E-state index contributed by atoms with van der Waals surface area (Å²) in [7, 11) is 1.64. The number of piperidine rings is 1. The van der Waals surface area contributed by atoms with Gasteiger partial charge in [-0.25, -0.2) is 0 Å². The van der Waals surface area contributed by atoms with Gasteiger partial charge in [-0.2, -0.15) is 5.10 Å². The number of benzene rings is 2. The van der Waals surface area contributed by atoms with Gasteiger partial charge in [0.05, 0.1) is 23.9 Å². The van der Waals surface area contributed by atoms with Crippen LogP contribution < -0.4 is 4.74 Å². The van der Waals surface area contributed by atoms with Crippen molar-refractivity contribution in [3.63, 3.8) is 0 Å². The van der Waals surface area contributed by atoms with Gasteiger partial charge in [0.25, 0.3) is 5.91 Å². The molecule has 1 saturated heterocycles. The fourth-order valence-corrected chi connectivity index (χ4v) is 4.54. The Bertz CT molecular complexity index is 1100. The van der Waals surface area contributed by atoms with E-state index in [-0.39, 0.29) is 11.7 Å². The second-order valence-electron chi connectivity index (χ2n) is 8.22. The first-order chi connectivity index (χ1) is 14.6. The normalized spacial score (nSPS) is 16.8. The Labute approximate surface area is 175 Å². The van der Waals surface area contributed by atoms with Gasteiger partial charge in [0, 0.05) is 31.1 Å². The van der Waals surface area contributed by atoms with Crippen molar-refractivity contribution in [2.75, 3.05) is 20.2 Å². The lowest BCUT2D eigenvalue weighted by molar-refractivity contribution is 0.0748. The fourth-order valence-electron chi connectivity index (χ4n) is 4.54. The SMILES string of the molecule is COc1ccc2c(c1)CN(C(=O)c1cc3c(CN4CCCCC4)n[nH]c3cc1O)C2. The molecule has 1 fully saturated rings. The van der Waals surface area contributed by atoms with Crippen molar-refractivity contribution in [1.82, 2.24) is 20.0 Å². The van der Waals surface area contributed by atoms with Crippen molar-refractivity contribution in [3.8, 4) is 11.5 Å². The van der Waals surface area contributed by atoms with Gasteiger partial charge < -0.3 is 14.7 Å². The number of hydrogen-bond acceptors (Lipinski definition) is 5. The monoisotopic (exact) mass is 406 g/mol. The maximum atomic E-state index is 13.3. The summed E-state index contributed by atoms with van der Waals surface area (Å²) in [6.07, 6.45) is 3.72. The number of aromatic amines is 1. The number of H-pyrrole nitrogens is 1. The molecular weight excluding hydrogens is 380 g/mol. The number of ether oxygens (including phenoxy) is 1. The highest BCUT2D eigenvalue weighted by Crippen LogP contribution is 2.32. The average molecular weight is 406 g/mol. The number of aromatic nitrogens is 2.